The lowest BCUT2D eigenvalue weighted by Crippen LogP contribution is -2.24. The fourth-order valence-electron chi connectivity index (χ4n) is 2.49. The van der Waals surface area contributed by atoms with Gasteiger partial charge in [-0.1, -0.05) is 41.9 Å². The molecule has 2 aromatic carbocycles. The normalized spacial score (nSPS) is 14.4. The van der Waals surface area contributed by atoms with Crippen molar-refractivity contribution in [2.45, 2.75) is 13.0 Å². The van der Waals surface area contributed by atoms with E-state index in [0.29, 0.717) is 29.7 Å². The minimum Gasteiger partial charge on any atom is -0.486 e. The van der Waals surface area contributed by atoms with E-state index in [1.807, 2.05) is 43.3 Å². The first-order valence-electron chi connectivity index (χ1n) is 7.76. The Morgan fingerprint density at radius 2 is 1.96 bits per heavy atom. The van der Waals surface area contributed by atoms with Crippen LogP contribution >= 0.6 is 11.6 Å². The van der Waals surface area contributed by atoms with Gasteiger partial charge < -0.3 is 14.8 Å². The maximum Gasteiger partial charge on any atom is 0.244 e. The van der Waals surface area contributed by atoms with Crippen molar-refractivity contribution in [1.29, 1.82) is 0 Å². The molecule has 0 bridgehead atoms. The van der Waals surface area contributed by atoms with Crippen LogP contribution in [-0.2, 0) is 4.79 Å². The molecule has 4 nitrogen and oxygen atoms in total. The standard InChI is InChI=1S/C19H18ClNO3/c1-13(15-5-3-2-4-6-15)21-18(22)8-7-14-11-16(20)19-17(12-14)23-9-10-24-19/h2-8,11-13H,9-10H2,1H3,(H,21,22)/b8-7+/t13-/m1/s1. The zero-order chi connectivity index (χ0) is 16.9. The number of benzene rings is 2. The van der Waals surface area contributed by atoms with Gasteiger partial charge in [0.05, 0.1) is 11.1 Å². The predicted octanol–water partition coefficient (Wildman–Crippen LogP) is 4.00. The van der Waals surface area contributed by atoms with E-state index < -0.39 is 0 Å². The van der Waals surface area contributed by atoms with Crippen molar-refractivity contribution in [2.24, 2.45) is 0 Å². The van der Waals surface area contributed by atoms with Gasteiger partial charge in [0.2, 0.25) is 5.91 Å². The third-order valence-electron chi connectivity index (χ3n) is 3.70. The van der Waals surface area contributed by atoms with Crippen LogP contribution in [0, 0.1) is 0 Å². The largest absolute Gasteiger partial charge is 0.486 e. The highest BCUT2D eigenvalue weighted by atomic mass is 35.5. The Morgan fingerprint density at radius 3 is 2.75 bits per heavy atom. The predicted molar refractivity (Wildman–Crippen MR) is 94.5 cm³/mol. The smallest absolute Gasteiger partial charge is 0.244 e. The van der Waals surface area contributed by atoms with Crippen LogP contribution in [0.2, 0.25) is 5.02 Å². The van der Waals surface area contributed by atoms with Crippen LogP contribution in [0.25, 0.3) is 6.08 Å². The fourth-order valence-corrected chi connectivity index (χ4v) is 2.76. The van der Waals surface area contributed by atoms with Gasteiger partial charge in [-0.3, -0.25) is 4.79 Å². The highest BCUT2D eigenvalue weighted by Crippen LogP contribution is 2.38. The van der Waals surface area contributed by atoms with E-state index in [-0.39, 0.29) is 11.9 Å². The summed E-state index contributed by atoms with van der Waals surface area (Å²) in [4.78, 5) is 12.1. The number of ether oxygens (including phenoxy) is 2. The van der Waals surface area contributed by atoms with Gasteiger partial charge in [-0.15, -0.1) is 0 Å². The average molecular weight is 344 g/mol. The molecular weight excluding hydrogens is 326 g/mol. The summed E-state index contributed by atoms with van der Waals surface area (Å²) in [5, 5.41) is 3.41. The maximum atomic E-state index is 12.1. The van der Waals surface area contributed by atoms with Crippen molar-refractivity contribution in [3.05, 3.63) is 64.7 Å². The number of hydrogen-bond donors (Lipinski definition) is 1. The molecule has 0 saturated heterocycles. The first-order chi connectivity index (χ1) is 11.6. The van der Waals surface area contributed by atoms with E-state index in [9.17, 15) is 4.79 Å². The summed E-state index contributed by atoms with van der Waals surface area (Å²) < 4.78 is 11.0. The molecule has 124 valence electrons. The van der Waals surface area contributed by atoms with Gasteiger partial charge in [-0.25, -0.2) is 0 Å². The molecule has 0 unspecified atom stereocenters. The van der Waals surface area contributed by atoms with Gasteiger partial charge >= 0.3 is 0 Å². The number of rotatable bonds is 4. The Morgan fingerprint density at radius 1 is 1.21 bits per heavy atom. The topological polar surface area (TPSA) is 47.6 Å². The number of halogens is 1. The molecule has 0 spiro atoms. The van der Waals surface area contributed by atoms with Crippen LogP contribution in [-0.4, -0.2) is 19.1 Å². The second kappa shape index (κ2) is 7.41. The molecule has 1 atom stereocenters. The van der Waals surface area contributed by atoms with Crippen LogP contribution in [0.3, 0.4) is 0 Å². The van der Waals surface area contributed by atoms with Crippen LogP contribution in [0.1, 0.15) is 24.1 Å². The monoisotopic (exact) mass is 343 g/mol. The van der Waals surface area contributed by atoms with Gasteiger partial charge in [-0.05, 0) is 36.3 Å². The summed E-state index contributed by atoms with van der Waals surface area (Å²) in [6, 6.07) is 13.3. The average Bonchev–Trinajstić information content (AvgIpc) is 2.61. The highest BCUT2D eigenvalue weighted by Gasteiger charge is 2.16. The molecule has 1 amide bonds. The molecule has 24 heavy (non-hydrogen) atoms. The van der Waals surface area contributed by atoms with Crippen molar-refractivity contribution in [1.82, 2.24) is 5.32 Å². The number of hydrogen-bond acceptors (Lipinski definition) is 3. The molecule has 0 saturated carbocycles. The Bertz CT molecular complexity index is 759. The van der Waals surface area contributed by atoms with Gasteiger partial charge in [0.25, 0.3) is 0 Å². The van der Waals surface area contributed by atoms with Crippen LogP contribution in [0.4, 0.5) is 0 Å². The van der Waals surface area contributed by atoms with E-state index in [4.69, 9.17) is 21.1 Å². The maximum absolute atomic E-state index is 12.1. The summed E-state index contributed by atoms with van der Waals surface area (Å²) in [7, 11) is 0. The number of amides is 1. The van der Waals surface area contributed by atoms with E-state index >= 15 is 0 Å². The van der Waals surface area contributed by atoms with Gasteiger partial charge in [0.15, 0.2) is 11.5 Å². The van der Waals surface area contributed by atoms with Crippen molar-refractivity contribution in [3.63, 3.8) is 0 Å². The highest BCUT2D eigenvalue weighted by molar-refractivity contribution is 6.32. The number of carbonyl (C=O) groups is 1. The van der Waals surface area contributed by atoms with E-state index in [1.165, 1.54) is 6.08 Å². The van der Waals surface area contributed by atoms with Crippen LogP contribution < -0.4 is 14.8 Å². The Labute approximate surface area is 146 Å². The van der Waals surface area contributed by atoms with E-state index in [1.54, 1.807) is 12.1 Å². The zero-order valence-corrected chi connectivity index (χ0v) is 14.0. The van der Waals surface area contributed by atoms with Crippen molar-refractivity contribution < 1.29 is 14.3 Å². The van der Waals surface area contributed by atoms with Crippen molar-refractivity contribution in [2.75, 3.05) is 13.2 Å². The first-order valence-corrected chi connectivity index (χ1v) is 8.14. The molecule has 1 N–H and O–H groups in total. The number of fused-ring (bicyclic) bond motifs is 1. The summed E-state index contributed by atoms with van der Waals surface area (Å²) in [6.07, 6.45) is 3.19. The molecule has 3 rings (SSSR count). The van der Waals surface area contributed by atoms with E-state index in [2.05, 4.69) is 5.32 Å². The molecule has 0 aromatic heterocycles. The Kier molecular flexibility index (Phi) is 5.06. The lowest BCUT2D eigenvalue weighted by Gasteiger charge is -2.19. The summed E-state index contributed by atoms with van der Waals surface area (Å²) in [6.45, 7) is 2.93. The summed E-state index contributed by atoms with van der Waals surface area (Å²) >= 11 is 6.19. The number of carbonyl (C=O) groups excluding carboxylic acids is 1. The second-order valence-electron chi connectivity index (χ2n) is 5.50. The minimum atomic E-state index is -0.169. The molecule has 1 aliphatic rings. The van der Waals surface area contributed by atoms with Gasteiger partial charge in [-0.2, -0.15) is 0 Å². The Hall–Kier alpha value is -2.46. The van der Waals surface area contributed by atoms with Crippen molar-refractivity contribution in [3.8, 4) is 11.5 Å². The third kappa shape index (κ3) is 3.89. The van der Waals surface area contributed by atoms with Crippen molar-refractivity contribution >= 4 is 23.6 Å². The molecule has 0 radical (unpaired) electrons. The third-order valence-corrected chi connectivity index (χ3v) is 3.99. The zero-order valence-electron chi connectivity index (χ0n) is 13.3. The van der Waals surface area contributed by atoms with Crippen LogP contribution in [0.5, 0.6) is 11.5 Å². The van der Waals surface area contributed by atoms with Gasteiger partial charge in [0, 0.05) is 6.08 Å². The second-order valence-corrected chi connectivity index (χ2v) is 5.91. The first kappa shape index (κ1) is 16.4. The van der Waals surface area contributed by atoms with Gasteiger partial charge in [0.1, 0.15) is 13.2 Å². The molecule has 5 heteroatoms. The van der Waals surface area contributed by atoms with Crippen LogP contribution in [0.15, 0.2) is 48.5 Å². The SMILES string of the molecule is C[C@@H](NC(=O)/C=C/c1cc(Cl)c2c(c1)OCCO2)c1ccccc1. The fraction of sp³-hybridized carbons (Fsp3) is 0.211. The molecule has 1 aliphatic heterocycles. The minimum absolute atomic E-state index is 0.0628. The molecule has 0 aliphatic carbocycles. The Balaban J connectivity index is 1.67. The lowest BCUT2D eigenvalue weighted by atomic mass is 10.1. The van der Waals surface area contributed by atoms with E-state index in [0.717, 1.165) is 11.1 Å². The molecule has 2 aromatic rings. The molecule has 1 heterocycles. The quantitative estimate of drug-likeness (QED) is 0.853. The lowest BCUT2D eigenvalue weighted by molar-refractivity contribution is -0.117. The number of nitrogens with one attached hydrogen (secondary N) is 1. The summed E-state index contributed by atoms with van der Waals surface area (Å²) in [5.74, 6) is 0.992. The molecule has 0 fully saturated rings. The summed E-state index contributed by atoms with van der Waals surface area (Å²) in [5.41, 5.74) is 1.84. The molecular formula is C19H18ClNO3.